The van der Waals surface area contributed by atoms with Gasteiger partial charge in [0.1, 0.15) is 5.70 Å². The average Bonchev–Trinajstić information content (AvgIpc) is 2.78. The summed E-state index contributed by atoms with van der Waals surface area (Å²) in [6, 6.07) is 5.17. The molecular formula is C25H34FN5O4. The molecule has 0 bridgehead atoms. The molecule has 1 aromatic carbocycles. The number of methoxy groups -OCH3 is 3. The number of halogens is 1. The van der Waals surface area contributed by atoms with Crippen molar-refractivity contribution in [3.05, 3.63) is 42.5 Å². The molecule has 2 heterocycles. The van der Waals surface area contributed by atoms with Crippen molar-refractivity contribution >= 4 is 23.4 Å². The summed E-state index contributed by atoms with van der Waals surface area (Å²) in [7, 11) is 4.45. The molecular weight excluding hydrogens is 453 g/mol. The summed E-state index contributed by atoms with van der Waals surface area (Å²) >= 11 is 0. The van der Waals surface area contributed by atoms with Gasteiger partial charge in [-0.3, -0.25) is 0 Å². The van der Waals surface area contributed by atoms with E-state index in [0.29, 0.717) is 35.7 Å². The third kappa shape index (κ3) is 5.58. The number of benzene rings is 1. The molecule has 1 aliphatic rings. The van der Waals surface area contributed by atoms with Gasteiger partial charge in [0.15, 0.2) is 23.1 Å². The summed E-state index contributed by atoms with van der Waals surface area (Å²) in [5.74, 6) is 0.440. The van der Waals surface area contributed by atoms with Crippen LogP contribution in [-0.2, 0) is 9.53 Å². The second-order valence-corrected chi connectivity index (χ2v) is 9.73. The lowest BCUT2D eigenvalue weighted by Crippen LogP contribution is -2.63. The van der Waals surface area contributed by atoms with E-state index in [1.165, 1.54) is 7.11 Å². The van der Waals surface area contributed by atoms with Crippen LogP contribution in [0.3, 0.4) is 0 Å². The molecule has 35 heavy (non-hydrogen) atoms. The Labute approximate surface area is 205 Å². The molecule has 1 aromatic heterocycles. The van der Waals surface area contributed by atoms with Crippen LogP contribution in [-0.4, -0.2) is 59.3 Å². The quantitative estimate of drug-likeness (QED) is 0.412. The molecule has 0 aliphatic carbocycles. The smallest absolute Gasteiger partial charge is 0.353 e. The SMILES string of the molecule is C=C(C(=O)OC)N1C(C)(C)CC(Nc2nc(Nc3ccc(OC)c(OC)c3)ncc2F)CC1(C)C. The molecule has 1 aliphatic heterocycles. The number of aromatic nitrogens is 2. The number of nitrogens with one attached hydrogen (secondary N) is 2. The number of ether oxygens (including phenoxy) is 3. The van der Waals surface area contributed by atoms with Crippen molar-refractivity contribution in [2.75, 3.05) is 32.0 Å². The zero-order valence-corrected chi connectivity index (χ0v) is 21.4. The fourth-order valence-electron chi connectivity index (χ4n) is 5.09. The first kappa shape index (κ1) is 26.1. The molecule has 10 heteroatoms. The molecule has 2 N–H and O–H groups in total. The monoisotopic (exact) mass is 487 g/mol. The number of carbonyl (C=O) groups excluding carboxylic acids is 1. The first-order valence-electron chi connectivity index (χ1n) is 11.3. The lowest BCUT2D eigenvalue weighted by atomic mass is 9.76. The third-order valence-electron chi connectivity index (χ3n) is 6.12. The molecule has 1 saturated heterocycles. The molecule has 190 valence electrons. The molecule has 3 rings (SSSR count). The molecule has 0 amide bonds. The number of likely N-dealkylation sites (tertiary alicyclic amines) is 1. The van der Waals surface area contributed by atoms with E-state index in [1.54, 1.807) is 32.4 Å². The standard InChI is InChI=1S/C25H34FN5O4/c1-15(22(32)35-8)31-24(2,3)12-17(13-25(31,4)5)28-21-18(26)14-27-23(30-21)29-16-9-10-19(33-6)20(11-16)34-7/h9-11,14,17H,1,12-13H2,2-8H3,(H2,27,28,29,30). The minimum absolute atomic E-state index is 0.0971. The minimum Gasteiger partial charge on any atom is -0.493 e. The van der Waals surface area contributed by atoms with Crippen molar-refractivity contribution in [1.82, 2.24) is 14.9 Å². The van der Waals surface area contributed by atoms with E-state index >= 15 is 0 Å². The van der Waals surface area contributed by atoms with Gasteiger partial charge in [0.25, 0.3) is 0 Å². The van der Waals surface area contributed by atoms with Gasteiger partial charge in [-0.1, -0.05) is 6.58 Å². The van der Waals surface area contributed by atoms with Gasteiger partial charge in [-0.25, -0.2) is 14.2 Å². The highest BCUT2D eigenvalue weighted by atomic mass is 19.1. The Morgan fingerprint density at radius 3 is 2.31 bits per heavy atom. The Bertz CT molecular complexity index is 1090. The topological polar surface area (TPSA) is 97.8 Å². The maximum Gasteiger partial charge on any atom is 0.353 e. The van der Waals surface area contributed by atoms with Crippen molar-refractivity contribution < 1.29 is 23.4 Å². The summed E-state index contributed by atoms with van der Waals surface area (Å²) in [4.78, 5) is 22.6. The van der Waals surface area contributed by atoms with Crippen LogP contribution in [0, 0.1) is 5.82 Å². The maximum atomic E-state index is 14.7. The fourth-order valence-corrected chi connectivity index (χ4v) is 5.09. The molecule has 1 fully saturated rings. The Kier molecular flexibility index (Phi) is 7.42. The Morgan fingerprint density at radius 1 is 1.11 bits per heavy atom. The van der Waals surface area contributed by atoms with Crippen LogP contribution in [0.4, 0.5) is 21.8 Å². The number of hydrogen-bond donors (Lipinski definition) is 2. The molecule has 0 spiro atoms. The van der Waals surface area contributed by atoms with Gasteiger partial charge in [0.2, 0.25) is 5.95 Å². The van der Waals surface area contributed by atoms with Crippen molar-refractivity contribution in [2.24, 2.45) is 0 Å². The van der Waals surface area contributed by atoms with Crippen LogP contribution in [0.2, 0.25) is 0 Å². The van der Waals surface area contributed by atoms with Gasteiger partial charge in [-0.2, -0.15) is 4.98 Å². The minimum atomic E-state index is -0.556. The van der Waals surface area contributed by atoms with Gasteiger partial charge < -0.3 is 29.7 Å². The number of rotatable bonds is 8. The van der Waals surface area contributed by atoms with Gasteiger partial charge in [-0.15, -0.1) is 0 Å². The summed E-state index contributed by atoms with van der Waals surface area (Å²) in [5.41, 5.74) is 0.0665. The summed E-state index contributed by atoms with van der Waals surface area (Å²) in [6.07, 6.45) is 2.37. The van der Waals surface area contributed by atoms with Crippen LogP contribution < -0.4 is 20.1 Å². The summed E-state index contributed by atoms with van der Waals surface area (Å²) < 4.78 is 30.2. The van der Waals surface area contributed by atoms with Crippen LogP contribution in [0.25, 0.3) is 0 Å². The number of piperidine rings is 1. The maximum absolute atomic E-state index is 14.7. The van der Waals surface area contributed by atoms with E-state index in [9.17, 15) is 9.18 Å². The second-order valence-electron chi connectivity index (χ2n) is 9.73. The molecule has 0 unspecified atom stereocenters. The predicted molar refractivity (Wildman–Crippen MR) is 133 cm³/mol. The van der Waals surface area contributed by atoms with Crippen LogP contribution >= 0.6 is 0 Å². The van der Waals surface area contributed by atoms with Crippen molar-refractivity contribution in [1.29, 1.82) is 0 Å². The number of nitrogens with zero attached hydrogens (tertiary/aromatic N) is 3. The number of hydrogen-bond acceptors (Lipinski definition) is 9. The van der Waals surface area contributed by atoms with E-state index in [0.717, 1.165) is 6.20 Å². The van der Waals surface area contributed by atoms with Crippen molar-refractivity contribution in [3.8, 4) is 11.5 Å². The van der Waals surface area contributed by atoms with Crippen molar-refractivity contribution in [3.63, 3.8) is 0 Å². The second kappa shape index (κ2) is 9.97. The first-order valence-corrected chi connectivity index (χ1v) is 11.3. The van der Waals surface area contributed by atoms with Gasteiger partial charge in [0, 0.05) is 28.9 Å². The van der Waals surface area contributed by atoms with E-state index in [2.05, 4.69) is 27.2 Å². The third-order valence-corrected chi connectivity index (χ3v) is 6.12. The van der Waals surface area contributed by atoms with E-state index in [-0.39, 0.29) is 17.8 Å². The molecule has 2 aromatic rings. The summed E-state index contributed by atoms with van der Waals surface area (Å²) in [6.45, 7) is 12.1. The van der Waals surface area contributed by atoms with Crippen LogP contribution in [0.5, 0.6) is 11.5 Å². The van der Waals surface area contributed by atoms with Gasteiger partial charge in [-0.05, 0) is 52.7 Å². The normalized spacial score (nSPS) is 16.9. The predicted octanol–water partition coefficient (Wildman–Crippen LogP) is 4.50. The number of carbonyl (C=O) groups is 1. The number of esters is 1. The molecule has 9 nitrogen and oxygen atoms in total. The summed E-state index contributed by atoms with van der Waals surface area (Å²) in [5, 5.41) is 6.32. The van der Waals surface area contributed by atoms with Crippen LogP contribution in [0.15, 0.2) is 36.7 Å². The zero-order valence-electron chi connectivity index (χ0n) is 21.4. The highest BCUT2D eigenvalue weighted by molar-refractivity contribution is 5.87. The largest absolute Gasteiger partial charge is 0.493 e. The Morgan fingerprint density at radius 2 is 1.74 bits per heavy atom. The number of anilines is 3. The highest BCUT2D eigenvalue weighted by Crippen LogP contribution is 2.42. The molecule has 0 radical (unpaired) electrons. The van der Waals surface area contributed by atoms with Gasteiger partial charge >= 0.3 is 5.97 Å². The lowest BCUT2D eigenvalue weighted by Gasteiger charge is -2.56. The van der Waals surface area contributed by atoms with Gasteiger partial charge in [0.05, 0.1) is 27.5 Å². The first-order chi connectivity index (χ1) is 16.4. The highest BCUT2D eigenvalue weighted by Gasteiger charge is 2.47. The fraction of sp³-hybridized carbons (Fsp3) is 0.480. The van der Waals surface area contributed by atoms with E-state index in [1.807, 2.05) is 32.6 Å². The zero-order chi connectivity index (χ0) is 26.0. The average molecular weight is 488 g/mol. The van der Waals surface area contributed by atoms with Crippen molar-refractivity contribution in [2.45, 2.75) is 57.7 Å². The van der Waals surface area contributed by atoms with E-state index in [4.69, 9.17) is 14.2 Å². The van der Waals surface area contributed by atoms with Crippen LogP contribution in [0.1, 0.15) is 40.5 Å². The Hall–Kier alpha value is -3.56. The molecule has 0 saturated carbocycles. The Balaban J connectivity index is 1.80. The van der Waals surface area contributed by atoms with E-state index < -0.39 is 22.9 Å². The molecule has 0 atom stereocenters. The lowest BCUT2D eigenvalue weighted by molar-refractivity contribution is -0.141.